The van der Waals surface area contributed by atoms with Gasteiger partial charge in [0.05, 0.1) is 7.11 Å². The number of ether oxygens (including phenoxy) is 1. The summed E-state index contributed by atoms with van der Waals surface area (Å²) in [6.07, 6.45) is 4.97. The molecule has 1 aromatic rings. The number of alkyl halides is 1. The molecule has 0 radical (unpaired) electrons. The highest BCUT2D eigenvalue weighted by atomic mass is 79.9. The van der Waals surface area contributed by atoms with Gasteiger partial charge in [-0.3, -0.25) is 0 Å². The summed E-state index contributed by atoms with van der Waals surface area (Å²) in [4.78, 5) is 0.235. The van der Waals surface area contributed by atoms with Crippen LogP contribution in [0.2, 0.25) is 0 Å². The predicted octanol–water partition coefficient (Wildman–Crippen LogP) is 6.12. The van der Waals surface area contributed by atoms with Gasteiger partial charge >= 0.3 is 0 Å². The first kappa shape index (κ1) is 16.8. The topological polar surface area (TPSA) is 9.23 Å². The van der Waals surface area contributed by atoms with E-state index in [1.165, 1.54) is 32.8 Å². The summed E-state index contributed by atoms with van der Waals surface area (Å²) >= 11 is 3.79. The molecule has 0 aliphatic heterocycles. The van der Waals surface area contributed by atoms with Gasteiger partial charge in [-0.25, -0.2) is 4.39 Å². The van der Waals surface area contributed by atoms with E-state index in [1.54, 1.807) is 12.1 Å². The molecule has 0 bridgehead atoms. The Morgan fingerprint density at radius 2 is 1.81 bits per heavy atom. The van der Waals surface area contributed by atoms with Gasteiger partial charge in [0.25, 0.3) is 0 Å². The van der Waals surface area contributed by atoms with Crippen LogP contribution in [0.5, 0.6) is 5.75 Å². The van der Waals surface area contributed by atoms with E-state index in [2.05, 4.69) is 36.7 Å². The minimum absolute atomic E-state index is 0.235. The Bertz CT molecular complexity index is 473. The van der Waals surface area contributed by atoms with Crippen LogP contribution >= 0.6 is 15.9 Å². The molecule has 0 N–H and O–H groups in total. The van der Waals surface area contributed by atoms with Gasteiger partial charge in [0, 0.05) is 4.83 Å². The third-order valence-electron chi connectivity index (χ3n) is 4.90. The smallest absolute Gasteiger partial charge is 0.165 e. The van der Waals surface area contributed by atoms with E-state index < -0.39 is 0 Å². The number of hydrogen-bond donors (Lipinski definition) is 0. The van der Waals surface area contributed by atoms with Gasteiger partial charge in [0.15, 0.2) is 11.6 Å². The Morgan fingerprint density at radius 1 is 1.19 bits per heavy atom. The van der Waals surface area contributed by atoms with Crippen LogP contribution in [0.1, 0.15) is 56.8 Å². The molecule has 1 unspecified atom stereocenters. The Morgan fingerprint density at radius 3 is 2.29 bits per heavy atom. The molecule has 1 aliphatic carbocycles. The lowest BCUT2D eigenvalue weighted by molar-refractivity contribution is 0.149. The van der Waals surface area contributed by atoms with Crippen molar-refractivity contribution in [2.45, 2.75) is 51.3 Å². The SMILES string of the molecule is COc1ccc(C(Br)C2CCC(C(C)(C)C)CC2)cc1F. The van der Waals surface area contributed by atoms with Crippen molar-refractivity contribution in [3.05, 3.63) is 29.6 Å². The van der Waals surface area contributed by atoms with Crippen molar-refractivity contribution in [2.24, 2.45) is 17.3 Å². The van der Waals surface area contributed by atoms with E-state index in [1.807, 2.05) is 6.07 Å². The summed E-state index contributed by atoms with van der Waals surface area (Å²) in [5, 5.41) is 0. The fourth-order valence-electron chi connectivity index (χ4n) is 3.40. The maximum Gasteiger partial charge on any atom is 0.165 e. The molecule has 1 aromatic carbocycles. The Hall–Kier alpha value is -0.570. The lowest BCUT2D eigenvalue weighted by Crippen LogP contribution is -2.27. The zero-order valence-electron chi connectivity index (χ0n) is 13.5. The van der Waals surface area contributed by atoms with E-state index in [0.717, 1.165) is 11.5 Å². The molecule has 0 spiro atoms. The number of rotatable bonds is 3. The second-order valence-electron chi connectivity index (χ2n) is 7.27. The molecule has 0 aromatic heterocycles. The van der Waals surface area contributed by atoms with Crippen LogP contribution in [0.3, 0.4) is 0 Å². The van der Waals surface area contributed by atoms with E-state index >= 15 is 0 Å². The van der Waals surface area contributed by atoms with Crippen LogP contribution in [0.4, 0.5) is 4.39 Å². The Labute approximate surface area is 136 Å². The highest BCUT2D eigenvalue weighted by Gasteiger charge is 2.32. The van der Waals surface area contributed by atoms with Crippen LogP contribution in [-0.2, 0) is 0 Å². The second kappa shape index (κ2) is 6.68. The fourth-order valence-corrected chi connectivity index (χ4v) is 4.22. The lowest BCUT2D eigenvalue weighted by atomic mass is 9.69. The van der Waals surface area contributed by atoms with E-state index in [0.29, 0.717) is 17.1 Å². The molecule has 1 saturated carbocycles. The molecule has 3 heteroatoms. The maximum absolute atomic E-state index is 13.9. The summed E-state index contributed by atoms with van der Waals surface area (Å²) < 4.78 is 18.8. The number of benzene rings is 1. The number of hydrogen-bond acceptors (Lipinski definition) is 1. The zero-order chi connectivity index (χ0) is 15.6. The van der Waals surface area contributed by atoms with Gasteiger partial charge in [-0.15, -0.1) is 0 Å². The van der Waals surface area contributed by atoms with Gasteiger partial charge in [-0.2, -0.15) is 0 Å². The molecular weight excluding hydrogens is 331 g/mol. The lowest BCUT2D eigenvalue weighted by Gasteiger charge is -2.38. The van der Waals surface area contributed by atoms with Crippen LogP contribution in [0.15, 0.2) is 18.2 Å². The zero-order valence-corrected chi connectivity index (χ0v) is 15.0. The average Bonchev–Trinajstić information content (AvgIpc) is 2.45. The highest BCUT2D eigenvalue weighted by Crippen LogP contribution is 2.46. The molecule has 1 aliphatic rings. The normalized spacial score (nSPS) is 24.7. The van der Waals surface area contributed by atoms with Crippen molar-refractivity contribution in [3.8, 4) is 5.75 Å². The van der Waals surface area contributed by atoms with Gasteiger partial charge in [0.2, 0.25) is 0 Å². The van der Waals surface area contributed by atoms with Crippen LogP contribution in [0, 0.1) is 23.1 Å². The maximum atomic E-state index is 13.9. The van der Waals surface area contributed by atoms with Crippen molar-refractivity contribution in [2.75, 3.05) is 7.11 Å². The van der Waals surface area contributed by atoms with Gasteiger partial charge in [0.1, 0.15) is 0 Å². The van der Waals surface area contributed by atoms with Gasteiger partial charge in [-0.05, 0) is 60.6 Å². The summed E-state index contributed by atoms with van der Waals surface area (Å²) in [6.45, 7) is 7.01. The van der Waals surface area contributed by atoms with Crippen molar-refractivity contribution in [1.82, 2.24) is 0 Å². The minimum atomic E-state index is -0.275. The molecule has 1 nitrogen and oxygen atoms in total. The number of methoxy groups -OCH3 is 1. The second-order valence-corrected chi connectivity index (χ2v) is 8.26. The van der Waals surface area contributed by atoms with Gasteiger partial charge in [-0.1, -0.05) is 42.8 Å². The fraction of sp³-hybridized carbons (Fsp3) is 0.667. The molecule has 2 rings (SSSR count). The molecule has 0 heterocycles. The van der Waals surface area contributed by atoms with Crippen LogP contribution < -0.4 is 4.74 Å². The van der Waals surface area contributed by atoms with Crippen molar-refractivity contribution >= 4 is 15.9 Å². The van der Waals surface area contributed by atoms with Crippen molar-refractivity contribution in [1.29, 1.82) is 0 Å². The highest BCUT2D eigenvalue weighted by molar-refractivity contribution is 9.09. The quantitative estimate of drug-likeness (QED) is 0.592. The van der Waals surface area contributed by atoms with E-state index in [4.69, 9.17) is 4.74 Å². The third-order valence-corrected chi connectivity index (χ3v) is 6.18. The predicted molar refractivity (Wildman–Crippen MR) is 89.5 cm³/mol. The molecule has 0 amide bonds. The molecule has 1 fully saturated rings. The standard InChI is InChI=1S/C18H26BrFO/c1-18(2,3)14-8-5-12(6-9-14)17(19)13-7-10-16(21-4)15(20)11-13/h7,10-12,14,17H,5-6,8-9H2,1-4H3. The van der Waals surface area contributed by atoms with Crippen molar-refractivity contribution < 1.29 is 9.13 Å². The average molecular weight is 357 g/mol. The van der Waals surface area contributed by atoms with Crippen LogP contribution in [0.25, 0.3) is 0 Å². The molecule has 118 valence electrons. The minimum Gasteiger partial charge on any atom is -0.494 e. The van der Waals surface area contributed by atoms with E-state index in [-0.39, 0.29) is 10.6 Å². The Balaban J connectivity index is 2.02. The largest absolute Gasteiger partial charge is 0.494 e. The number of halogens is 2. The third kappa shape index (κ3) is 4.00. The summed E-state index contributed by atoms with van der Waals surface area (Å²) in [5.41, 5.74) is 1.42. The Kier molecular flexibility index (Phi) is 5.34. The first-order valence-corrected chi connectivity index (χ1v) is 8.72. The molecule has 1 atom stereocenters. The van der Waals surface area contributed by atoms with Crippen LogP contribution in [-0.4, -0.2) is 7.11 Å². The molecule has 0 saturated heterocycles. The molecular formula is C18H26BrFO. The van der Waals surface area contributed by atoms with Crippen molar-refractivity contribution in [3.63, 3.8) is 0 Å². The van der Waals surface area contributed by atoms with Gasteiger partial charge < -0.3 is 4.74 Å². The van der Waals surface area contributed by atoms with E-state index in [9.17, 15) is 4.39 Å². The monoisotopic (exact) mass is 356 g/mol. The summed E-state index contributed by atoms with van der Waals surface area (Å²) in [5.74, 6) is 1.44. The first-order chi connectivity index (χ1) is 9.82. The summed E-state index contributed by atoms with van der Waals surface area (Å²) in [6, 6.07) is 5.30. The molecule has 21 heavy (non-hydrogen) atoms. The first-order valence-electron chi connectivity index (χ1n) is 7.80. The summed E-state index contributed by atoms with van der Waals surface area (Å²) in [7, 11) is 1.50.